The predicted octanol–water partition coefficient (Wildman–Crippen LogP) is 4.67. The van der Waals surface area contributed by atoms with Gasteiger partial charge in [-0.05, 0) is 48.2 Å². The van der Waals surface area contributed by atoms with E-state index in [1.807, 2.05) is 24.8 Å². The second-order valence-electron chi connectivity index (χ2n) is 11.4. The average Bonchev–Trinajstić information content (AvgIpc) is 3.80. The molecular weight excluding hydrogens is 587 g/mol. The van der Waals surface area contributed by atoms with Crippen LogP contribution in [-0.2, 0) is 9.59 Å². The number of para-hydroxylation sites is 1. The number of nitrogens with zero attached hydrogens (tertiary/aromatic N) is 5. The van der Waals surface area contributed by atoms with Crippen LogP contribution in [0.2, 0.25) is 5.02 Å². The smallest absolute Gasteiger partial charge is 0.355 e. The SMILES string of the molecule is C=CC(=O)N1CCN(c2nc(=O)n3c4nc(c(Cl)cc24)-c2c(F)cccc2NC(=O)COc2cccc(C(C)C)c2-3)[C@H]2C[C@H]21. The predicted molar refractivity (Wildman–Crippen MR) is 165 cm³/mol. The zero-order valence-electron chi connectivity index (χ0n) is 24.0. The molecule has 224 valence electrons. The van der Waals surface area contributed by atoms with E-state index in [0.29, 0.717) is 35.7 Å². The number of pyridine rings is 1. The molecule has 2 bridgehead atoms. The van der Waals surface area contributed by atoms with Crippen molar-refractivity contribution in [1.29, 1.82) is 0 Å². The maximum absolute atomic E-state index is 15.5. The van der Waals surface area contributed by atoms with Gasteiger partial charge in [-0.25, -0.2) is 18.7 Å². The highest BCUT2D eigenvalue weighted by Crippen LogP contribution is 2.43. The summed E-state index contributed by atoms with van der Waals surface area (Å²) in [4.78, 5) is 52.8. The Labute approximate surface area is 256 Å². The van der Waals surface area contributed by atoms with Crippen molar-refractivity contribution >= 4 is 46.0 Å². The lowest BCUT2D eigenvalue weighted by Crippen LogP contribution is -2.49. The first-order valence-corrected chi connectivity index (χ1v) is 14.7. The van der Waals surface area contributed by atoms with Crippen LogP contribution in [0.15, 0.2) is 59.9 Å². The number of amides is 2. The summed E-state index contributed by atoms with van der Waals surface area (Å²) in [6, 6.07) is 11.2. The Morgan fingerprint density at radius 3 is 2.73 bits per heavy atom. The number of piperazine rings is 1. The molecule has 1 N–H and O–H groups in total. The first kappa shape index (κ1) is 28.0. The Hall–Kier alpha value is -4.77. The number of halogens is 2. The topological polar surface area (TPSA) is 110 Å². The monoisotopic (exact) mass is 614 g/mol. The molecule has 4 aromatic rings. The van der Waals surface area contributed by atoms with Gasteiger partial charge in [-0.2, -0.15) is 4.98 Å². The number of ether oxygens (including phenoxy) is 1. The molecule has 12 heteroatoms. The number of carbonyl (C=O) groups excluding carboxylic acids is 2. The number of anilines is 2. The molecule has 0 spiro atoms. The van der Waals surface area contributed by atoms with E-state index >= 15 is 4.39 Å². The summed E-state index contributed by atoms with van der Waals surface area (Å²) in [5.41, 5.74) is 0.960. The summed E-state index contributed by atoms with van der Waals surface area (Å²) in [7, 11) is 0. The van der Waals surface area contributed by atoms with Crippen LogP contribution in [0, 0.1) is 5.82 Å². The molecule has 1 saturated heterocycles. The highest BCUT2D eigenvalue weighted by molar-refractivity contribution is 6.34. The van der Waals surface area contributed by atoms with Crippen LogP contribution in [0.4, 0.5) is 15.9 Å². The third-order valence-electron chi connectivity index (χ3n) is 8.40. The average molecular weight is 615 g/mol. The Kier molecular flexibility index (Phi) is 6.65. The number of carbonyl (C=O) groups is 2. The minimum atomic E-state index is -0.648. The standard InChI is InChI=1S/C32H28ClFN6O4/c1-4-26(42)38-11-12-39(23-14-22(23)38)30-18-13-19(33)28-27-20(34)8-6-9-21(27)35-25(41)15-44-24-10-5-7-17(16(2)3)29(24)40(31(18)36-28)32(43)37-30/h4-10,13,16,22-23H,1,11-12,14-15H2,2-3H3,(H,35,41)/t22-,23+/m1/s1. The van der Waals surface area contributed by atoms with Crippen LogP contribution in [0.1, 0.15) is 31.7 Å². The van der Waals surface area contributed by atoms with Crippen LogP contribution in [0.5, 0.6) is 5.75 Å². The Balaban J connectivity index is 1.54. The summed E-state index contributed by atoms with van der Waals surface area (Å²) in [5, 5.41) is 3.32. The quantitative estimate of drug-likeness (QED) is 0.334. The summed E-state index contributed by atoms with van der Waals surface area (Å²) in [6.07, 6.45) is 2.03. The summed E-state index contributed by atoms with van der Waals surface area (Å²) in [5.74, 6) is -0.675. The van der Waals surface area contributed by atoms with Gasteiger partial charge in [-0.15, -0.1) is 0 Å². The first-order chi connectivity index (χ1) is 21.2. The normalized spacial score (nSPS) is 18.9. The number of fused-ring (bicyclic) bond motifs is 6. The molecule has 1 saturated carbocycles. The lowest BCUT2D eigenvalue weighted by molar-refractivity contribution is -0.127. The van der Waals surface area contributed by atoms with Gasteiger partial charge in [0.15, 0.2) is 12.3 Å². The van der Waals surface area contributed by atoms with E-state index in [-0.39, 0.29) is 58.1 Å². The Morgan fingerprint density at radius 2 is 1.95 bits per heavy atom. The van der Waals surface area contributed by atoms with Gasteiger partial charge in [0, 0.05) is 13.1 Å². The van der Waals surface area contributed by atoms with Gasteiger partial charge < -0.3 is 19.9 Å². The molecule has 2 atom stereocenters. The third-order valence-corrected chi connectivity index (χ3v) is 8.68. The summed E-state index contributed by atoms with van der Waals surface area (Å²) >= 11 is 6.86. The molecule has 7 rings (SSSR count). The minimum Gasteiger partial charge on any atom is -0.482 e. The van der Waals surface area contributed by atoms with Crippen LogP contribution < -0.4 is 20.6 Å². The largest absolute Gasteiger partial charge is 0.482 e. The fraction of sp³-hybridized carbons (Fsp3) is 0.281. The van der Waals surface area contributed by atoms with Crippen molar-refractivity contribution in [2.45, 2.75) is 38.3 Å². The van der Waals surface area contributed by atoms with E-state index < -0.39 is 17.4 Å². The molecule has 10 nitrogen and oxygen atoms in total. The van der Waals surface area contributed by atoms with Gasteiger partial charge in [0.1, 0.15) is 17.4 Å². The highest BCUT2D eigenvalue weighted by Gasteiger charge is 2.51. The van der Waals surface area contributed by atoms with Gasteiger partial charge in [0.2, 0.25) is 5.91 Å². The van der Waals surface area contributed by atoms with E-state index in [0.717, 1.165) is 12.0 Å². The lowest BCUT2D eigenvalue weighted by Gasteiger charge is -2.35. The van der Waals surface area contributed by atoms with Crippen LogP contribution >= 0.6 is 11.6 Å². The molecular formula is C32H28ClFN6O4. The van der Waals surface area contributed by atoms with Crippen LogP contribution in [-0.4, -0.2) is 63.0 Å². The lowest BCUT2D eigenvalue weighted by atomic mass is 10.00. The maximum Gasteiger partial charge on any atom is 0.355 e. The molecule has 2 aliphatic heterocycles. The van der Waals surface area contributed by atoms with Gasteiger partial charge in [-0.3, -0.25) is 9.59 Å². The molecule has 0 unspecified atom stereocenters. The van der Waals surface area contributed by atoms with Crippen molar-refractivity contribution in [3.05, 3.63) is 82.0 Å². The van der Waals surface area contributed by atoms with Crippen LogP contribution in [0.3, 0.4) is 0 Å². The van der Waals surface area contributed by atoms with Crippen molar-refractivity contribution in [1.82, 2.24) is 19.4 Å². The van der Waals surface area contributed by atoms with E-state index in [2.05, 4.69) is 16.9 Å². The van der Waals surface area contributed by atoms with E-state index in [1.165, 1.54) is 22.8 Å². The first-order valence-electron chi connectivity index (χ1n) is 14.4. The van der Waals surface area contributed by atoms with Gasteiger partial charge in [0.05, 0.1) is 45.1 Å². The van der Waals surface area contributed by atoms with Crippen molar-refractivity contribution in [2.75, 3.05) is 29.9 Å². The molecule has 1 aliphatic carbocycles. The number of hydrogen-bond acceptors (Lipinski definition) is 7. The van der Waals surface area contributed by atoms with Crippen molar-refractivity contribution < 1.29 is 18.7 Å². The number of rotatable bonds is 3. The molecule has 44 heavy (non-hydrogen) atoms. The van der Waals surface area contributed by atoms with E-state index in [1.54, 1.807) is 29.2 Å². The van der Waals surface area contributed by atoms with Crippen molar-refractivity contribution in [3.8, 4) is 22.7 Å². The van der Waals surface area contributed by atoms with E-state index in [4.69, 9.17) is 21.3 Å². The zero-order valence-corrected chi connectivity index (χ0v) is 24.8. The van der Waals surface area contributed by atoms with Gasteiger partial charge >= 0.3 is 5.69 Å². The number of aromatic nitrogens is 3. The second-order valence-corrected chi connectivity index (χ2v) is 11.8. The number of hydrogen-bond donors (Lipinski definition) is 1. The van der Waals surface area contributed by atoms with Gasteiger partial charge in [-0.1, -0.05) is 50.2 Å². The molecule has 2 fully saturated rings. The summed E-state index contributed by atoms with van der Waals surface area (Å²) in [6.45, 7) is 8.05. The fourth-order valence-electron chi connectivity index (χ4n) is 6.30. The molecule has 4 heterocycles. The van der Waals surface area contributed by atoms with Crippen molar-refractivity contribution in [2.24, 2.45) is 0 Å². The third kappa shape index (κ3) is 4.41. The minimum absolute atomic E-state index is 0.0122. The molecule has 2 aromatic carbocycles. The zero-order chi connectivity index (χ0) is 30.9. The molecule has 2 aromatic heterocycles. The molecule has 0 radical (unpaired) electrons. The van der Waals surface area contributed by atoms with Gasteiger partial charge in [0.25, 0.3) is 5.91 Å². The Bertz CT molecular complexity index is 1960. The van der Waals surface area contributed by atoms with Crippen molar-refractivity contribution in [3.63, 3.8) is 0 Å². The number of nitrogens with one attached hydrogen (secondary N) is 1. The Morgan fingerprint density at radius 1 is 1.16 bits per heavy atom. The number of benzene rings is 2. The maximum atomic E-state index is 15.5. The fourth-order valence-corrected chi connectivity index (χ4v) is 6.55. The molecule has 2 amide bonds. The molecule has 3 aliphatic rings. The summed E-state index contributed by atoms with van der Waals surface area (Å²) < 4.78 is 22.9. The van der Waals surface area contributed by atoms with E-state index in [9.17, 15) is 14.4 Å². The van der Waals surface area contributed by atoms with Crippen LogP contribution in [0.25, 0.3) is 28.0 Å². The highest BCUT2D eigenvalue weighted by atomic mass is 35.5. The second kappa shape index (κ2) is 10.4.